The number of benzene rings is 1. The van der Waals surface area contributed by atoms with E-state index in [4.69, 9.17) is 0 Å². The summed E-state index contributed by atoms with van der Waals surface area (Å²) < 4.78 is 26.0. The highest BCUT2D eigenvalue weighted by molar-refractivity contribution is 7.89. The third-order valence-electron chi connectivity index (χ3n) is 5.99. The van der Waals surface area contributed by atoms with E-state index in [1.807, 2.05) is 0 Å². The molecule has 9 heteroatoms. The maximum absolute atomic E-state index is 11.9. The van der Waals surface area contributed by atoms with Crippen molar-refractivity contribution < 1.29 is 13.3 Å². The summed E-state index contributed by atoms with van der Waals surface area (Å²) in [5, 5.41) is 14.7. The van der Waals surface area contributed by atoms with Crippen molar-refractivity contribution >= 4 is 21.4 Å². The monoisotopic (exact) mass is 410 g/mol. The summed E-state index contributed by atoms with van der Waals surface area (Å²) in [6.45, 7) is 2.84. The Balaban J connectivity index is 1.66. The van der Waals surface area contributed by atoms with Gasteiger partial charge in [0.2, 0.25) is 10.0 Å². The molecule has 2 N–H and O–H groups in total. The van der Waals surface area contributed by atoms with Crippen LogP contribution >= 0.6 is 0 Å². The van der Waals surface area contributed by atoms with Crippen LogP contribution in [-0.2, 0) is 10.0 Å². The van der Waals surface area contributed by atoms with E-state index in [-0.39, 0.29) is 10.6 Å². The normalized spacial score (nSPS) is 21.7. The lowest BCUT2D eigenvalue weighted by atomic mass is 9.89. The van der Waals surface area contributed by atoms with E-state index in [1.54, 1.807) is 0 Å². The van der Waals surface area contributed by atoms with Gasteiger partial charge in [-0.25, -0.2) is 13.1 Å². The molecule has 8 nitrogen and oxygen atoms in total. The number of hydrogen-bond acceptors (Lipinski definition) is 6. The number of nitro benzene ring substituents is 1. The Kier molecular flexibility index (Phi) is 6.90. The van der Waals surface area contributed by atoms with Gasteiger partial charge in [0, 0.05) is 25.2 Å². The average molecular weight is 411 g/mol. The largest absolute Gasteiger partial charge is 0.378 e. The molecule has 1 aliphatic carbocycles. The number of nitrogens with one attached hydrogen (secondary N) is 2. The highest BCUT2D eigenvalue weighted by Gasteiger charge is 2.28. The maximum Gasteiger partial charge on any atom is 0.293 e. The van der Waals surface area contributed by atoms with Crippen LogP contribution in [0.25, 0.3) is 0 Å². The summed E-state index contributed by atoms with van der Waals surface area (Å²) in [6.07, 6.45) is 8.86. The van der Waals surface area contributed by atoms with Gasteiger partial charge in [0.25, 0.3) is 5.69 Å². The molecule has 28 heavy (non-hydrogen) atoms. The van der Waals surface area contributed by atoms with E-state index < -0.39 is 14.9 Å². The first-order valence-corrected chi connectivity index (χ1v) is 11.6. The van der Waals surface area contributed by atoms with Crippen LogP contribution in [0.5, 0.6) is 0 Å². The molecule has 156 valence electrons. The van der Waals surface area contributed by atoms with E-state index in [2.05, 4.69) is 14.9 Å². The lowest BCUT2D eigenvalue weighted by Gasteiger charge is -2.31. The maximum atomic E-state index is 11.9. The van der Waals surface area contributed by atoms with Crippen LogP contribution in [0.15, 0.2) is 23.1 Å². The van der Waals surface area contributed by atoms with Crippen molar-refractivity contribution in [3.63, 3.8) is 0 Å². The summed E-state index contributed by atoms with van der Waals surface area (Å²) in [5.74, 6) is 0.773. The average Bonchev–Trinajstić information content (AvgIpc) is 3.13. The summed E-state index contributed by atoms with van der Waals surface area (Å²) in [7, 11) is -2.43. The Morgan fingerprint density at radius 2 is 1.93 bits per heavy atom. The van der Waals surface area contributed by atoms with E-state index in [9.17, 15) is 18.5 Å². The van der Waals surface area contributed by atoms with Crippen molar-refractivity contribution in [1.82, 2.24) is 9.62 Å². The molecule has 0 aromatic heterocycles. The second kappa shape index (κ2) is 9.19. The van der Waals surface area contributed by atoms with E-state index in [0.29, 0.717) is 18.3 Å². The van der Waals surface area contributed by atoms with Gasteiger partial charge in [-0.3, -0.25) is 15.0 Å². The Morgan fingerprint density at radius 1 is 1.18 bits per heavy atom. The van der Waals surface area contributed by atoms with Crippen LogP contribution in [0.2, 0.25) is 0 Å². The molecule has 1 aliphatic heterocycles. The standard InChI is InChI=1S/C19H30N4O4S/c1-20-28(26,27)17-9-10-18(19(12-17)23(24)25)21-13-16-8-5-11-22(16)14-15-6-3-2-4-7-15/h9-10,12,15-16,20-21H,2-8,11,13-14H2,1H3. The van der Waals surface area contributed by atoms with Crippen LogP contribution in [0.1, 0.15) is 44.9 Å². The fraction of sp³-hybridized carbons (Fsp3) is 0.684. The number of rotatable bonds is 8. The molecule has 0 amide bonds. The molecule has 1 aromatic carbocycles. The van der Waals surface area contributed by atoms with E-state index >= 15 is 0 Å². The molecule has 0 spiro atoms. The summed E-state index contributed by atoms with van der Waals surface area (Å²) in [5.41, 5.74) is 0.151. The molecule has 2 aliphatic rings. The zero-order valence-electron chi connectivity index (χ0n) is 16.4. The fourth-order valence-electron chi connectivity index (χ4n) is 4.39. The molecule has 1 atom stereocenters. The van der Waals surface area contributed by atoms with Gasteiger partial charge in [0.15, 0.2) is 0 Å². The Labute approximate surface area is 166 Å². The fourth-order valence-corrected chi connectivity index (χ4v) is 5.14. The molecule has 1 aromatic rings. The zero-order chi connectivity index (χ0) is 20.1. The summed E-state index contributed by atoms with van der Waals surface area (Å²) in [4.78, 5) is 13.3. The first-order valence-electron chi connectivity index (χ1n) is 10.1. The summed E-state index contributed by atoms with van der Waals surface area (Å²) in [6, 6.07) is 4.36. The number of likely N-dealkylation sites (tertiary alicyclic amines) is 1. The van der Waals surface area contributed by atoms with Gasteiger partial charge in [0.1, 0.15) is 5.69 Å². The van der Waals surface area contributed by atoms with Crippen molar-refractivity contribution in [1.29, 1.82) is 0 Å². The predicted octanol–water partition coefficient (Wildman–Crippen LogP) is 2.96. The first kappa shape index (κ1) is 21.0. The van der Waals surface area contributed by atoms with Crippen LogP contribution in [0.3, 0.4) is 0 Å². The van der Waals surface area contributed by atoms with Gasteiger partial charge in [-0.1, -0.05) is 19.3 Å². The highest BCUT2D eigenvalue weighted by atomic mass is 32.2. The minimum Gasteiger partial charge on any atom is -0.378 e. The Morgan fingerprint density at radius 3 is 2.61 bits per heavy atom. The smallest absolute Gasteiger partial charge is 0.293 e. The third-order valence-corrected chi connectivity index (χ3v) is 7.40. The van der Waals surface area contributed by atoms with Crippen molar-refractivity contribution in [2.75, 3.05) is 32.0 Å². The molecule has 3 rings (SSSR count). The SMILES string of the molecule is CNS(=O)(=O)c1ccc(NCC2CCCN2CC2CCCCC2)c([N+](=O)[O-])c1. The van der Waals surface area contributed by atoms with Gasteiger partial charge in [-0.2, -0.15) is 0 Å². The van der Waals surface area contributed by atoms with Crippen LogP contribution in [0, 0.1) is 16.0 Å². The molecule has 1 saturated carbocycles. The van der Waals surface area contributed by atoms with Crippen molar-refractivity contribution in [2.24, 2.45) is 5.92 Å². The van der Waals surface area contributed by atoms with Crippen LogP contribution < -0.4 is 10.0 Å². The molecule has 0 radical (unpaired) electrons. The lowest BCUT2D eigenvalue weighted by molar-refractivity contribution is -0.384. The molecular formula is C19H30N4O4S. The van der Waals surface area contributed by atoms with Crippen LogP contribution in [0.4, 0.5) is 11.4 Å². The molecule has 1 unspecified atom stereocenters. The number of sulfonamides is 1. The van der Waals surface area contributed by atoms with Crippen LogP contribution in [-0.4, -0.2) is 51.0 Å². The second-order valence-corrected chi connectivity index (χ2v) is 9.71. The van der Waals surface area contributed by atoms with Gasteiger partial charge in [-0.15, -0.1) is 0 Å². The van der Waals surface area contributed by atoms with Gasteiger partial charge in [-0.05, 0) is 57.3 Å². The lowest BCUT2D eigenvalue weighted by Crippen LogP contribution is -2.38. The minimum atomic E-state index is -3.72. The van der Waals surface area contributed by atoms with Gasteiger partial charge in [0.05, 0.1) is 9.82 Å². The molecule has 1 heterocycles. The summed E-state index contributed by atoms with van der Waals surface area (Å²) >= 11 is 0. The quantitative estimate of drug-likeness (QED) is 0.504. The molecule has 0 bridgehead atoms. The Hall–Kier alpha value is -1.71. The third kappa shape index (κ3) is 5.01. The highest BCUT2D eigenvalue weighted by Crippen LogP contribution is 2.30. The Bertz CT molecular complexity index is 793. The molecule has 1 saturated heterocycles. The topological polar surface area (TPSA) is 105 Å². The van der Waals surface area contributed by atoms with E-state index in [0.717, 1.165) is 37.9 Å². The van der Waals surface area contributed by atoms with Gasteiger partial charge >= 0.3 is 0 Å². The van der Waals surface area contributed by atoms with Crippen molar-refractivity contribution in [2.45, 2.75) is 55.9 Å². The van der Waals surface area contributed by atoms with Crippen molar-refractivity contribution in [3.05, 3.63) is 28.3 Å². The van der Waals surface area contributed by atoms with Crippen molar-refractivity contribution in [3.8, 4) is 0 Å². The number of anilines is 1. The number of hydrogen-bond donors (Lipinski definition) is 2. The number of nitrogens with zero attached hydrogens (tertiary/aromatic N) is 2. The van der Waals surface area contributed by atoms with E-state index in [1.165, 1.54) is 51.3 Å². The molecular weight excluding hydrogens is 380 g/mol. The minimum absolute atomic E-state index is 0.105. The zero-order valence-corrected chi connectivity index (χ0v) is 17.2. The predicted molar refractivity (Wildman–Crippen MR) is 109 cm³/mol. The molecule has 2 fully saturated rings. The van der Waals surface area contributed by atoms with Gasteiger partial charge < -0.3 is 5.32 Å². The number of nitro groups is 1. The second-order valence-electron chi connectivity index (χ2n) is 7.82. The first-order chi connectivity index (χ1) is 13.4.